The van der Waals surface area contributed by atoms with Crippen molar-refractivity contribution in [3.05, 3.63) is 50.7 Å². The van der Waals surface area contributed by atoms with Crippen molar-refractivity contribution in [2.45, 2.75) is 23.8 Å². The highest BCUT2D eigenvalue weighted by Crippen LogP contribution is 2.42. The van der Waals surface area contributed by atoms with Crippen LogP contribution in [0.3, 0.4) is 0 Å². The average Bonchev–Trinajstić information content (AvgIpc) is 3.16. The molecule has 1 atom stereocenters. The standard InChI is InChI=1S/C14H15N3O4S2/c15-23(20,21)10-5-6-11(13(9-10)17(18)19)16-7-1-3-12(16)14-4-2-8-22-14/h2,4-6,8-9,12H,1,3,7H2,(H2,15,20,21)/t12-/m1/s1. The van der Waals surface area contributed by atoms with Crippen molar-refractivity contribution in [2.24, 2.45) is 5.14 Å². The smallest absolute Gasteiger partial charge is 0.293 e. The number of hydrogen-bond donors (Lipinski definition) is 1. The number of hydrogen-bond acceptors (Lipinski definition) is 6. The molecule has 9 heteroatoms. The van der Waals surface area contributed by atoms with Crippen LogP contribution in [0.25, 0.3) is 0 Å². The Kier molecular flexibility index (Phi) is 4.09. The lowest BCUT2D eigenvalue weighted by molar-refractivity contribution is -0.384. The first-order chi connectivity index (χ1) is 10.9. The van der Waals surface area contributed by atoms with Gasteiger partial charge in [0.05, 0.1) is 15.9 Å². The maximum Gasteiger partial charge on any atom is 0.293 e. The number of nitrogens with zero attached hydrogens (tertiary/aromatic N) is 2. The zero-order chi connectivity index (χ0) is 16.6. The number of nitro benzene ring substituents is 1. The monoisotopic (exact) mass is 353 g/mol. The van der Waals surface area contributed by atoms with E-state index >= 15 is 0 Å². The molecule has 0 saturated carbocycles. The molecule has 1 aromatic heterocycles. The van der Waals surface area contributed by atoms with E-state index in [4.69, 9.17) is 5.14 Å². The molecule has 2 aromatic rings. The first kappa shape index (κ1) is 15.9. The van der Waals surface area contributed by atoms with Crippen LogP contribution in [0.4, 0.5) is 11.4 Å². The third kappa shape index (κ3) is 3.07. The molecule has 1 aliphatic heterocycles. The van der Waals surface area contributed by atoms with Gasteiger partial charge >= 0.3 is 0 Å². The number of primary sulfonamides is 1. The van der Waals surface area contributed by atoms with Gasteiger partial charge in [0.2, 0.25) is 10.0 Å². The minimum atomic E-state index is -3.98. The first-order valence-electron chi connectivity index (χ1n) is 6.99. The van der Waals surface area contributed by atoms with Gasteiger partial charge in [-0.3, -0.25) is 10.1 Å². The Hall–Kier alpha value is -1.97. The Balaban J connectivity index is 2.07. The first-order valence-corrected chi connectivity index (χ1v) is 9.42. The van der Waals surface area contributed by atoms with Crippen LogP contribution >= 0.6 is 11.3 Å². The summed E-state index contributed by atoms with van der Waals surface area (Å²) in [5.74, 6) is 0. The van der Waals surface area contributed by atoms with Crippen LogP contribution in [0.2, 0.25) is 0 Å². The third-order valence-corrected chi connectivity index (χ3v) is 5.79. The van der Waals surface area contributed by atoms with Crippen LogP contribution in [-0.4, -0.2) is 19.9 Å². The summed E-state index contributed by atoms with van der Waals surface area (Å²) in [7, 11) is -3.98. The van der Waals surface area contributed by atoms with Crippen molar-refractivity contribution in [1.82, 2.24) is 0 Å². The lowest BCUT2D eigenvalue weighted by atomic mass is 10.1. The molecule has 2 heterocycles. The van der Waals surface area contributed by atoms with Gasteiger partial charge in [0, 0.05) is 17.5 Å². The highest BCUT2D eigenvalue weighted by Gasteiger charge is 2.32. The summed E-state index contributed by atoms with van der Waals surface area (Å²) in [6, 6.07) is 7.88. The second-order valence-electron chi connectivity index (χ2n) is 5.32. The van der Waals surface area contributed by atoms with E-state index < -0.39 is 14.9 Å². The Bertz CT molecular complexity index is 834. The van der Waals surface area contributed by atoms with Gasteiger partial charge in [-0.1, -0.05) is 6.07 Å². The molecular formula is C14H15N3O4S2. The maximum atomic E-state index is 11.4. The zero-order valence-corrected chi connectivity index (χ0v) is 13.7. The van der Waals surface area contributed by atoms with Crippen molar-refractivity contribution >= 4 is 32.7 Å². The van der Waals surface area contributed by atoms with Gasteiger partial charge in [0.25, 0.3) is 5.69 Å². The number of rotatable bonds is 4. The quantitative estimate of drug-likeness (QED) is 0.672. The molecule has 0 radical (unpaired) electrons. The number of nitro groups is 1. The van der Waals surface area contributed by atoms with Gasteiger partial charge in [-0.05, 0) is 36.4 Å². The van der Waals surface area contributed by atoms with E-state index in [9.17, 15) is 18.5 Å². The largest absolute Gasteiger partial charge is 0.358 e. The molecule has 1 saturated heterocycles. The fourth-order valence-electron chi connectivity index (χ4n) is 2.90. The summed E-state index contributed by atoms with van der Waals surface area (Å²) in [5.41, 5.74) is 0.193. The third-order valence-electron chi connectivity index (χ3n) is 3.91. The average molecular weight is 353 g/mol. The second-order valence-corrected chi connectivity index (χ2v) is 7.86. The Labute approximate surface area is 137 Å². The summed E-state index contributed by atoms with van der Waals surface area (Å²) in [6.07, 6.45) is 1.84. The van der Waals surface area contributed by atoms with E-state index in [1.165, 1.54) is 12.1 Å². The van der Waals surface area contributed by atoms with Crippen LogP contribution in [0.1, 0.15) is 23.8 Å². The van der Waals surface area contributed by atoms with E-state index in [0.29, 0.717) is 12.2 Å². The van der Waals surface area contributed by atoms with E-state index in [1.807, 2.05) is 22.4 Å². The van der Waals surface area contributed by atoms with E-state index in [1.54, 1.807) is 11.3 Å². The highest BCUT2D eigenvalue weighted by atomic mass is 32.2. The Morgan fingerprint density at radius 2 is 2.13 bits per heavy atom. The van der Waals surface area contributed by atoms with Crippen molar-refractivity contribution in [3.8, 4) is 0 Å². The van der Waals surface area contributed by atoms with Crippen LogP contribution < -0.4 is 10.0 Å². The molecule has 23 heavy (non-hydrogen) atoms. The topological polar surface area (TPSA) is 107 Å². The van der Waals surface area contributed by atoms with E-state index in [-0.39, 0.29) is 16.6 Å². The molecule has 122 valence electrons. The second kappa shape index (κ2) is 5.91. The van der Waals surface area contributed by atoms with Crippen molar-refractivity contribution in [3.63, 3.8) is 0 Å². The number of benzene rings is 1. The fraction of sp³-hybridized carbons (Fsp3) is 0.286. The molecule has 0 bridgehead atoms. The van der Waals surface area contributed by atoms with E-state index in [2.05, 4.69) is 0 Å². The molecule has 1 aliphatic rings. The predicted molar refractivity (Wildman–Crippen MR) is 88.1 cm³/mol. The summed E-state index contributed by atoms with van der Waals surface area (Å²) in [5, 5.41) is 18.4. The molecule has 3 rings (SSSR count). The van der Waals surface area contributed by atoms with Crippen molar-refractivity contribution < 1.29 is 13.3 Å². The van der Waals surface area contributed by atoms with Crippen molar-refractivity contribution in [1.29, 1.82) is 0 Å². The Morgan fingerprint density at radius 3 is 2.74 bits per heavy atom. The lowest BCUT2D eigenvalue weighted by Gasteiger charge is -2.25. The summed E-state index contributed by atoms with van der Waals surface area (Å²) in [4.78, 5) is 13.7. The zero-order valence-electron chi connectivity index (χ0n) is 12.1. The lowest BCUT2D eigenvalue weighted by Crippen LogP contribution is -2.23. The number of thiophene rings is 1. The fourth-order valence-corrected chi connectivity index (χ4v) is 4.31. The predicted octanol–water partition coefficient (Wildman–Crippen LogP) is 2.65. The minimum absolute atomic E-state index is 0.0778. The van der Waals surface area contributed by atoms with Crippen LogP contribution in [0, 0.1) is 10.1 Å². The summed E-state index contributed by atoms with van der Waals surface area (Å²) < 4.78 is 22.9. The molecule has 0 aliphatic carbocycles. The minimum Gasteiger partial charge on any atom is -0.358 e. The molecule has 0 amide bonds. The highest BCUT2D eigenvalue weighted by molar-refractivity contribution is 7.89. The van der Waals surface area contributed by atoms with E-state index in [0.717, 1.165) is 23.8 Å². The molecule has 0 spiro atoms. The summed E-state index contributed by atoms with van der Waals surface area (Å²) >= 11 is 1.61. The SMILES string of the molecule is NS(=O)(=O)c1ccc(N2CCC[C@@H]2c2cccs2)c([N+](=O)[O-])c1. The maximum absolute atomic E-state index is 11.4. The molecule has 1 fully saturated rings. The molecule has 2 N–H and O–H groups in total. The normalized spacial score (nSPS) is 18.3. The molecule has 1 aromatic carbocycles. The van der Waals surface area contributed by atoms with Gasteiger partial charge in [-0.25, -0.2) is 13.6 Å². The van der Waals surface area contributed by atoms with Crippen LogP contribution in [-0.2, 0) is 10.0 Å². The van der Waals surface area contributed by atoms with Gasteiger partial charge in [-0.2, -0.15) is 0 Å². The van der Waals surface area contributed by atoms with Gasteiger partial charge < -0.3 is 4.90 Å². The summed E-state index contributed by atoms with van der Waals surface area (Å²) in [6.45, 7) is 0.693. The van der Waals surface area contributed by atoms with Gasteiger partial charge in [0.15, 0.2) is 0 Å². The Morgan fingerprint density at radius 1 is 1.35 bits per heavy atom. The van der Waals surface area contributed by atoms with Crippen LogP contribution in [0.15, 0.2) is 40.6 Å². The van der Waals surface area contributed by atoms with Crippen LogP contribution in [0.5, 0.6) is 0 Å². The number of nitrogens with two attached hydrogens (primary N) is 1. The van der Waals surface area contributed by atoms with Gasteiger partial charge in [0.1, 0.15) is 5.69 Å². The molecule has 7 nitrogen and oxygen atoms in total. The number of sulfonamides is 1. The molecule has 0 unspecified atom stereocenters. The number of anilines is 1. The van der Waals surface area contributed by atoms with Gasteiger partial charge in [-0.15, -0.1) is 11.3 Å². The van der Waals surface area contributed by atoms with Crippen molar-refractivity contribution in [2.75, 3.05) is 11.4 Å². The molecular weight excluding hydrogens is 338 g/mol.